The first kappa shape index (κ1) is 18.1. The van der Waals surface area contributed by atoms with Crippen LogP contribution in [0.3, 0.4) is 0 Å². The maximum atomic E-state index is 13.2. The Hall–Kier alpha value is -1.24. The van der Waals surface area contributed by atoms with Crippen LogP contribution in [0.2, 0.25) is 0 Å². The van der Waals surface area contributed by atoms with E-state index in [1.54, 1.807) is 11.8 Å². The molecule has 2 unspecified atom stereocenters. The second-order valence-electron chi connectivity index (χ2n) is 9.33. The van der Waals surface area contributed by atoms with Gasteiger partial charge in [-0.1, -0.05) is 6.92 Å². The van der Waals surface area contributed by atoms with Gasteiger partial charge in [-0.15, -0.1) is 0 Å². The van der Waals surface area contributed by atoms with E-state index in [1.807, 2.05) is 6.92 Å². The number of halogens is 2. The number of nitrogens with one attached hydrogen (secondary N) is 1. The molecule has 0 bridgehead atoms. The fourth-order valence-electron chi connectivity index (χ4n) is 4.98. The lowest BCUT2D eigenvalue weighted by atomic mass is 9.66. The highest BCUT2D eigenvalue weighted by Crippen LogP contribution is 2.63. The largest absolute Gasteiger partial charge is 0.372 e. The van der Waals surface area contributed by atoms with Crippen LogP contribution in [0.5, 0.6) is 0 Å². The third kappa shape index (κ3) is 3.23. The molecule has 2 atom stereocenters. The number of nitrogens with zero attached hydrogens (tertiary/aromatic N) is 1. The molecule has 1 heterocycles. The fourth-order valence-corrected chi connectivity index (χ4v) is 4.98. The lowest BCUT2D eigenvalue weighted by Crippen LogP contribution is -2.60. The van der Waals surface area contributed by atoms with Gasteiger partial charge in [0.25, 0.3) is 0 Å². The number of hydrogen-bond acceptors (Lipinski definition) is 3. The number of morpholine rings is 1. The second kappa shape index (κ2) is 5.88. The van der Waals surface area contributed by atoms with E-state index in [0.717, 1.165) is 12.8 Å². The molecular formula is C19H28F2N2O3. The van der Waals surface area contributed by atoms with Crippen LogP contribution < -0.4 is 5.32 Å². The average Bonchev–Trinajstić information content (AvgIpc) is 3.31. The van der Waals surface area contributed by atoms with E-state index < -0.39 is 11.3 Å². The molecule has 1 saturated heterocycles. The Kier molecular flexibility index (Phi) is 4.10. The zero-order valence-electron chi connectivity index (χ0n) is 15.5. The highest BCUT2D eigenvalue weighted by atomic mass is 19.3. The van der Waals surface area contributed by atoms with Gasteiger partial charge in [0, 0.05) is 31.8 Å². The van der Waals surface area contributed by atoms with Gasteiger partial charge in [-0.05, 0) is 38.0 Å². The van der Waals surface area contributed by atoms with Crippen LogP contribution in [0.1, 0.15) is 52.4 Å². The van der Waals surface area contributed by atoms with Crippen LogP contribution in [-0.2, 0) is 14.3 Å². The van der Waals surface area contributed by atoms with Crippen LogP contribution in [-0.4, -0.2) is 54.5 Å². The van der Waals surface area contributed by atoms with Crippen LogP contribution in [0.4, 0.5) is 8.78 Å². The van der Waals surface area contributed by atoms with Crippen LogP contribution in [0.15, 0.2) is 0 Å². The van der Waals surface area contributed by atoms with E-state index in [9.17, 15) is 18.4 Å². The van der Waals surface area contributed by atoms with E-state index in [-0.39, 0.29) is 42.7 Å². The van der Waals surface area contributed by atoms with Gasteiger partial charge in [-0.3, -0.25) is 9.59 Å². The monoisotopic (exact) mass is 370 g/mol. The minimum Gasteiger partial charge on any atom is -0.372 e. The van der Waals surface area contributed by atoms with Gasteiger partial charge in [0.05, 0.1) is 24.2 Å². The summed E-state index contributed by atoms with van der Waals surface area (Å²) >= 11 is 0. The van der Waals surface area contributed by atoms with Crippen molar-refractivity contribution in [2.24, 2.45) is 16.7 Å². The van der Waals surface area contributed by atoms with Crippen molar-refractivity contribution in [1.29, 1.82) is 0 Å². The molecule has 4 aliphatic rings. The van der Waals surface area contributed by atoms with E-state index in [0.29, 0.717) is 25.1 Å². The van der Waals surface area contributed by atoms with E-state index in [4.69, 9.17) is 4.74 Å². The summed E-state index contributed by atoms with van der Waals surface area (Å²) in [6, 6.07) is -0.204. The van der Waals surface area contributed by atoms with Crippen molar-refractivity contribution >= 4 is 11.8 Å². The molecule has 0 radical (unpaired) electrons. The molecule has 1 N–H and O–H groups in total. The number of ether oxygens (including phenoxy) is 1. The van der Waals surface area contributed by atoms with Crippen LogP contribution in [0, 0.1) is 16.7 Å². The molecule has 7 heteroatoms. The van der Waals surface area contributed by atoms with Gasteiger partial charge in [0.15, 0.2) is 0 Å². The molecule has 1 aliphatic heterocycles. The molecule has 0 aromatic heterocycles. The Labute approximate surface area is 152 Å². The van der Waals surface area contributed by atoms with Gasteiger partial charge in [0.2, 0.25) is 17.7 Å². The molecule has 4 fully saturated rings. The zero-order valence-corrected chi connectivity index (χ0v) is 15.5. The Morgan fingerprint density at radius 2 is 1.88 bits per heavy atom. The summed E-state index contributed by atoms with van der Waals surface area (Å²) in [5.41, 5.74) is -0.488. The summed E-state index contributed by atoms with van der Waals surface area (Å²) in [5, 5.41) is 3.03. The first-order chi connectivity index (χ1) is 12.1. The smallest absolute Gasteiger partial charge is 0.250 e. The van der Waals surface area contributed by atoms with Gasteiger partial charge < -0.3 is 15.0 Å². The lowest BCUT2D eigenvalue weighted by Gasteiger charge is -2.47. The first-order valence-corrected chi connectivity index (χ1v) is 9.71. The Morgan fingerprint density at radius 3 is 2.46 bits per heavy atom. The topological polar surface area (TPSA) is 58.6 Å². The summed E-state index contributed by atoms with van der Waals surface area (Å²) in [6.45, 7) is 4.64. The number of carbonyl (C=O) groups is 2. The standard InChI is InChI=1S/C19H28F2N2O3/c1-12(22-15(24)13-7-18(8-13)3-4-18)14-9-23(5-6-26-14)16(25)17(2)10-19(20,21)11-17/h12-14H,3-11H2,1-2H3,(H,22,24). The molecule has 1 spiro atoms. The van der Waals surface area contributed by atoms with Crippen molar-refractivity contribution in [3.63, 3.8) is 0 Å². The summed E-state index contributed by atoms with van der Waals surface area (Å²) in [7, 11) is 0. The molecule has 0 aromatic carbocycles. The van der Waals surface area contributed by atoms with Gasteiger partial charge >= 0.3 is 0 Å². The summed E-state index contributed by atoms with van der Waals surface area (Å²) in [6.07, 6.45) is 3.45. The summed E-state index contributed by atoms with van der Waals surface area (Å²) in [4.78, 5) is 26.7. The first-order valence-electron chi connectivity index (χ1n) is 9.71. The van der Waals surface area contributed by atoms with Crippen molar-refractivity contribution in [1.82, 2.24) is 10.2 Å². The zero-order chi connectivity index (χ0) is 18.7. The minimum absolute atomic E-state index is 0.0765. The number of alkyl halides is 2. The third-order valence-corrected chi connectivity index (χ3v) is 6.81. The lowest BCUT2D eigenvalue weighted by molar-refractivity contribution is -0.188. The quantitative estimate of drug-likeness (QED) is 0.826. The second-order valence-corrected chi connectivity index (χ2v) is 9.33. The molecule has 26 heavy (non-hydrogen) atoms. The van der Waals surface area contributed by atoms with Crippen LogP contribution >= 0.6 is 0 Å². The summed E-state index contributed by atoms with van der Waals surface area (Å²) in [5.74, 6) is -2.76. The normalized spacial score (nSPS) is 32.3. The molecule has 2 amide bonds. The molecule has 146 valence electrons. The average molecular weight is 370 g/mol. The summed E-state index contributed by atoms with van der Waals surface area (Å²) < 4.78 is 32.2. The fraction of sp³-hybridized carbons (Fsp3) is 0.895. The number of hydrogen-bond donors (Lipinski definition) is 1. The van der Waals surface area contributed by atoms with E-state index in [2.05, 4.69) is 5.32 Å². The molecule has 3 saturated carbocycles. The van der Waals surface area contributed by atoms with Crippen molar-refractivity contribution in [2.75, 3.05) is 19.7 Å². The maximum Gasteiger partial charge on any atom is 0.250 e. The minimum atomic E-state index is -2.72. The van der Waals surface area contributed by atoms with Crippen molar-refractivity contribution < 1.29 is 23.1 Å². The predicted molar refractivity (Wildman–Crippen MR) is 90.6 cm³/mol. The van der Waals surface area contributed by atoms with Crippen molar-refractivity contribution in [3.05, 3.63) is 0 Å². The molecule has 5 nitrogen and oxygen atoms in total. The number of rotatable bonds is 4. The van der Waals surface area contributed by atoms with Crippen molar-refractivity contribution in [2.45, 2.75) is 70.4 Å². The Balaban J connectivity index is 1.29. The SMILES string of the molecule is CC(NC(=O)C1CC2(CC2)C1)C1CN(C(=O)C2(C)CC(F)(F)C2)CCO1. The molecular weight excluding hydrogens is 342 g/mol. The van der Waals surface area contributed by atoms with Gasteiger partial charge in [-0.2, -0.15) is 0 Å². The Morgan fingerprint density at radius 1 is 1.23 bits per heavy atom. The highest BCUT2D eigenvalue weighted by molar-refractivity contribution is 5.84. The molecule has 3 aliphatic carbocycles. The molecule has 4 rings (SSSR count). The predicted octanol–water partition coefficient (Wildman–Crippen LogP) is 2.34. The third-order valence-electron chi connectivity index (χ3n) is 6.81. The molecule has 0 aromatic rings. The number of amides is 2. The maximum absolute atomic E-state index is 13.2. The number of carbonyl (C=O) groups excluding carboxylic acids is 2. The van der Waals surface area contributed by atoms with E-state index in [1.165, 1.54) is 12.8 Å². The van der Waals surface area contributed by atoms with Gasteiger partial charge in [-0.25, -0.2) is 8.78 Å². The highest BCUT2D eigenvalue weighted by Gasteiger charge is 2.59. The van der Waals surface area contributed by atoms with Crippen molar-refractivity contribution in [3.8, 4) is 0 Å². The van der Waals surface area contributed by atoms with Gasteiger partial charge in [0.1, 0.15) is 0 Å². The van der Waals surface area contributed by atoms with Crippen LogP contribution in [0.25, 0.3) is 0 Å². The Bertz CT molecular complexity index is 604. The van der Waals surface area contributed by atoms with E-state index >= 15 is 0 Å².